The van der Waals surface area contributed by atoms with Crippen molar-refractivity contribution in [3.8, 4) is 0 Å². The highest BCUT2D eigenvalue weighted by molar-refractivity contribution is 5.33. The van der Waals surface area contributed by atoms with Crippen LogP contribution in [0.4, 0.5) is 17.6 Å². The molecule has 1 aromatic carbocycles. The highest BCUT2D eigenvalue weighted by Crippen LogP contribution is 2.36. The minimum atomic E-state index is -4.67. The van der Waals surface area contributed by atoms with Gasteiger partial charge < -0.3 is 10.4 Å². The summed E-state index contributed by atoms with van der Waals surface area (Å²) < 4.78 is 51.6. The molecule has 106 valence electrons. The number of halogens is 4. The van der Waals surface area contributed by atoms with E-state index in [0.29, 0.717) is 19.0 Å². The Morgan fingerprint density at radius 3 is 2.58 bits per heavy atom. The van der Waals surface area contributed by atoms with Gasteiger partial charge in [-0.05, 0) is 37.1 Å². The Balaban J connectivity index is 2.32. The average molecular weight is 277 g/mol. The number of rotatable bonds is 2. The fraction of sp³-hybridized carbons (Fsp3) is 0.538. The van der Waals surface area contributed by atoms with Crippen LogP contribution in [0.2, 0.25) is 0 Å². The first-order valence-electron chi connectivity index (χ1n) is 6.17. The summed E-state index contributed by atoms with van der Waals surface area (Å²) in [6, 6.07) is 1.97. The van der Waals surface area contributed by atoms with Gasteiger partial charge in [-0.1, -0.05) is 12.5 Å². The fourth-order valence-electron chi connectivity index (χ4n) is 2.40. The van der Waals surface area contributed by atoms with Crippen molar-refractivity contribution in [2.24, 2.45) is 0 Å². The maximum absolute atomic E-state index is 13.0. The maximum atomic E-state index is 13.0. The van der Waals surface area contributed by atoms with Crippen molar-refractivity contribution in [3.05, 3.63) is 35.1 Å². The zero-order chi connectivity index (χ0) is 14.0. The lowest BCUT2D eigenvalue weighted by Gasteiger charge is -2.29. The lowest BCUT2D eigenvalue weighted by Crippen LogP contribution is -2.39. The topological polar surface area (TPSA) is 32.3 Å². The highest BCUT2D eigenvalue weighted by atomic mass is 19.4. The summed E-state index contributed by atoms with van der Waals surface area (Å²) in [6.07, 6.45) is -3.54. The van der Waals surface area contributed by atoms with Crippen molar-refractivity contribution in [1.29, 1.82) is 0 Å². The summed E-state index contributed by atoms with van der Waals surface area (Å²) in [6.45, 7) is 0.671. The average Bonchev–Trinajstić information content (AvgIpc) is 2.38. The SMILES string of the molecule is OC(c1ccc(F)cc1C(F)(F)F)C1CCCCN1. The second kappa shape index (κ2) is 5.46. The Hall–Kier alpha value is -1.14. The van der Waals surface area contributed by atoms with E-state index < -0.39 is 29.7 Å². The van der Waals surface area contributed by atoms with E-state index in [9.17, 15) is 22.7 Å². The smallest absolute Gasteiger partial charge is 0.387 e. The Morgan fingerprint density at radius 2 is 2.00 bits per heavy atom. The summed E-state index contributed by atoms with van der Waals surface area (Å²) in [4.78, 5) is 0. The first kappa shape index (κ1) is 14.3. The van der Waals surface area contributed by atoms with Crippen LogP contribution < -0.4 is 5.32 Å². The maximum Gasteiger partial charge on any atom is 0.416 e. The van der Waals surface area contributed by atoms with E-state index in [1.807, 2.05) is 0 Å². The predicted molar refractivity (Wildman–Crippen MR) is 62.0 cm³/mol. The third kappa shape index (κ3) is 3.25. The Bertz CT molecular complexity index is 441. The van der Waals surface area contributed by atoms with Gasteiger partial charge in [0.1, 0.15) is 5.82 Å². The van der Waals surface area contributed by atoms with Gasteiger partial charge in [0.25, 0.3) is 0 Å². The van der Waals surface area contributed by atoms with Crippen LogP contribution in [0.15, 0.2) is 18.2 Å². The molecule has 2 rings (SSSR count). The van der Waals surface area contributed by atoms with Crippen molar-refractivity contribution >= 4 is 0 Å². The normalized spacial score (nSPS) is 22.3. The summed E-state index contributed by atoms with van der Waals surface area (Å²) in [5.74, 6) is -0.958. The summed E-state index contributed by atoms with van der Waals surface area (Å²) in [7, 11) is 0. The van der Waals surface area contributed by atoms with Gasteiger partial charge in [0.15, 0.2) is 0 Å². The molecule has 0 radical (unpaired) electrons. The summed E-state index contributed by atoms with van der Waals surface area (Å²) in [5.41, 5.74) is -1.37. The van der Waals surface area contributed by atoms with E-state index in [2.05, 4.69) is 5.32 Å². The molecule has 0 spiro atoms. The lowest BCUT2D eigenvalue weighted by molar-refractivity contribution is -0.139. The van der Waals surface area contributed by atoms with Crippen LogP contribution in [0.25, 0.3) is 0 Å². The quantitative estimate of drug-likeness (QED) is 0.814. The molecular weight excluding hydrogens is 262 g/mol. The first-order chi connectivity index (χ1) is 8.89. The van der Waals surface area contributed by atoms with Gasteiger partial charge in [-0.25, -0.2) is 4.39 Å². The second-order valence-corrected chi connectivity index (χ2v) is 4.73. The molecule has 1 heterocycles. The molecule has 2 nitrogen and oxygen atoms in total. The van der Waals surface area contributed by atoms with Gasteiger partial charge in [-0.3, -0.25) is 0 Å². The lowest BCUT2D eigenvalue weighted by atomic mass is 9.92. The van der Waals surface area contributed by atoms with E-state index in [1.165, 1.54) is 0 Å². The van der Waals surface area contributed by atoms with Crippen LogP contribution in [-0.2, 0) is 6.18 Å². The number of hydrogen-bond acceptors (Lipinski definition) is 2. The molecule has 0 aliphatic carbocycles. The standard InChI is InChI=1S/C13H15F4NO/c14-8-4-5-9(10(7-8)13(15,16)17)12(19)11-3-1-2-6-18-11/h4-5,7,11-12,18-19H,1-3,6H2. The van der Waals surface area contributed by atoms with Gasteiger partial charge in [-0.15, -0.1) is 0 Å². The molecule has 0 amide bonds. The van der Waals surface area contributed by atoms with E-state index in [-0.39, 0.29) is 5.56 Å². The van der Waals surface area contributed by atoms with E-state index in [1.54, 1.807) is 0 Å². The molecule has 1 fully saturated rings. The van der Waals surface area contributed by atoms with E-state index in [4.69, 9.17) is 0 Å². The molecule has 0 aromatic heterocycles. The van der Waals surface area contributed by atoms with E-state index >= 15 is 0 Å². The third-order valence-electron chi connectivity index (χ3n) is 3.37. The van der Waals surface area contributed by atoms with Crippen LogP contribution >= 0.6 is 0 Å². The molecule has 1 aliphatic rings. The van der Waals surface area contributed by atoms with Gasteiger partial charge in [0.2, 0.25) is 0 Å². The van der Waals surface area contributed by atoms with Crippen LogP contribution in [0, 0.1) is 5.82 Å². The molecule has 2 atom stereocenters. The Labute approximate surface area is 108 Å². The number of piperidine rings is 1. The summed E-state index contributed by atoms with van der Waals surface area (Å²) in [5, 5.41) is 13.1. The molecule has 1 aromatic rings. The first-order valence-corrected chi connectivity index (χ1v) is 6.17. The van der Waals surface area contributed by atoms with Crippen LogP contribution in [0.5, 0.6) is 0 Å². The Kier molecular flexibility index (Phi) is 4.10. The monoisotopic (exact) mass is 277 g/mol. The highest BCUT2D eigenvalue weighted by Gasteiger charge is 2.37. The molecular formula is C13H15F4NO. The number of benzene rings is 1. The minimum Gasteiger partial charge on any atom is -0.387 e. The molecule has 2 N–H and O–H groups in total. The molecule has 1 aliphatic heterocycles. The number of nitrogens with one attached hydrogen (secondary N) is 1. The number of hydrogen-bond donors (Lipinski definition) is 2. The van der Waals surface area contributed by atoms with Crippen molar-refractivity contribution in [3.63, 3.8) is 0 Å². The minimum absolute atomic E-state index is 0.270. The zero-order valence-corrected chi connectivity index (χ0v) is 10.2. The van der Waals surface area contributed by atoms with Gasteiger partial charge >= 0.3 is 6.18 Å². The number of alkyl halides is 3. The number of aliphatic hydroxyl groups excluding tert-OH is 1. The molecule has 6 heteroatoms. The third-order valence-corrected chi connectivity index (χ3v) is 3.37. The van der Waals surface area contributed by atoms with E-state index in [0.717, 1.165) is 25.0 Å². The summed E-state index contributed by atoms with van der Waals surface area (Å²) >= 11 is 0. The second-order valence-electron chi connectivity index (χ2n) is 4.73. The molecule has 0 bridgehead atoms. The zero-order valence-electron chi connectivity index (χ0n) is 10.2. The fourth-order valence-corrected chi connectivity index (χ4v) is 2.40. The predicted octanol–water partition coefficient (Wildman–Crippen LogP) is 3.02. The Morgan fingerprint density at radius 1 is 1.26 bits per heavy atom. The molecule has 2 unspecified atom stereocenters. The van der Waals surface area contributed by atoms with Crippen molar-refractivity contribution in [1.82, 2.24) is 5.32 Å². The molecule has 19 heavy (non-hydrogen) atoms. The van der Waals surface area contributed by atoms with Crippen molar-refractivity contribution in [2.45, 2.75) is 37.6 Å². The van der Waals surface area contributed by atoms with Crippen molar-refractivity contribution in [2.75, 3.05) is 6.54 Å². The number of aliphatic hydroxyl groups is 1. The van der Waals surface area contributed by atoms with Gasteiger partial charge in [0, 0.05) is 6.04 Å². The largest absolute Gasteiger partial charge is 0.416 e. The van der Waals surface area contributed by atoms with Crippen molar-refractivity contribution < 1.29 is 22.7 Å². The molecule has 0 saturated carbocycles. The van der Waals surface area contributed by atoms with Crippen LogP contribution in [-0.4, -0.2) is 17.7 Å². The van der Waals surface area contributed by atoms with Gasteiger partial charge in [0.05, 0.1) is 11.7 Å². The van der Waals surface area contributed by atoms with Crippen LogP contribution in [0.3, 0.4) is 0 Å². The molecule has 1 saturated heterocycles. The van der Waals surface area contributed by atoms with Gasteiger partial charge in [-0.2, -0.15) is 13.2 Å². The van der Waals surface area contributed by atoms with Crippen LogP contribution in [0.1, 0.15) is 36.5 Å².